The minimum atomic E-state index is 0. The molecule has 0 amide bonds. The van der Waals surface area contributed by atoms with E-state index >= 15 is 0 Å². The fourth-order valence-electron chi connectivity index (χ4n) is 3.84. The summed E-state index contributed by atoms with van der Waals surface area (Å²) in [6, 6.07) is 16.1. The van der Waals surface area contributed by atoms with Crippen LogP contribution in [0.15, 0.2) is 53.5 Å². The first-order valence-electron chi connectivity index (χ1n) is 10.1. The van der Waals surface area contributed by atoms with Crippen molar-refractivity contribution in [1.29, 1.82) is 0 Å². The average molecular weight is 460 g/mol. The van der Waals surface area contributed by atoms with Gasteiger partial charge in [0.25, 0.3) is 0 Å². The molecule has 0 aliphatic carbocycles. The number of aromatic nitrogens is 1. The summed E-state index contributed by atoms with van der Waals surface area (Å²) < 4.78 is 13.1. The first kappa shape index (κ1) is 23.2. The van der Waals surface area contributed by atoms with Crippen LogP contribution < -0.4 is 9.64 Å². The molecule has 4 rings (SSSR count). The van der Waals surface area contributed by atoms with Crippen molar-refractivity contribution in [2.24, 2.45) is 4.99 Å². The van der Waals surface area contributed by atoms with Gasteiger partial charge in [-0.1, -0.05) is 11.6 Å². The lowest BCUT2D eigenvalue weighted by Crippen LogP contribution is -2.36. The molecule has 1 aliphatic rings. The molecule has 3 aromatic rings. The first-order chi connectivity index (χ1) is 14.6. The van der Waals surface area contributed by atoms with E-state index < -0.39 is 0 Å². The Balaban J connectivity index is 0.00000272. The van der Waals surface area contributed by atoms with Gasteiger partial charge in [0.2, 0.25) is 0 Å². The molecule has 1 aromatic heterocycles. The third-order valence-electron chi connectivity index (χ3n) is 5.43. The van der Waals surface area contributed by atoms with E-state index in [4.69, 9.17) is 26.1 Å². The summed E-state index contributed by atoms with van der Waals surface area (Å²) in [6.07, 6.45) is 1.92. The SMILES string of the molecule is COc1ccc(Cl)cc1-n1c(C)cc(C=Nc2ccc(N3CCOCC3)cc2)c1C.Cl. The number of hydrogen-bond donors (Lipinski definition) is 0. The number of ether oxygens (including phenoxy) is 2. The van der Waals surface area contributed by atoms with Gasteiger partial charge in [0, 0.05) is 47.0 Å². The molecule has 0 unspecified atom stereocenters. The number of morpholine rings is 1. The van der Waals surface area contributed by atoms with Crippen molar-refractivity contribution in [3.05, 3.63) is 70.5 Å². The van der Waals surface area contributed by atoms with Crippen LogP contribution in [0, 0.1) is 13.8 Å². The summed E-state index contributed by atoms with van der Waals surface area (Å²) in [7, 11) is 1.67. The second kappa shape index (κ2) is 10.2. The van der Waals surface area contributed by atoms with Crippen LogP contribution in [0.3, 0.4) is 0 Å². The number of nitrogens with zero attached hydrogens (tertiary/aromatic N) is 3. The van der Waals surface area contributed by atoms with Crippen LogP contribution in [0.2, 0.25) is 5.02 Å². The molecule has 0 saturated carbocycles. The van der Waals surface area contributed by atoms with Crippen molar-refractivity contribution in [2.75, 3.05) is 38.3 Å². The normalized spacial score (nSPS) is 14.0. The molecule has 0 radical (unpaired) electrons. The highest BCUT2D eigenvalue weighted by molar-refractivity contribution is 6.30. The van der Waals surface area contributed by atoms with Crippen molar-refractivity contribution in [1.82, 2.24) is 4.57 Å². The highest BCUT2D eigenvalue weighted by Crippen LogP contribution is 2.30. The quantitative estimate of drug-likeness (QED) is 0.454. The summed E-state index contributed by atoms with van der Waals surface area (Å²) in [5.41, 5.74) is 6.31. The predicted octanol–water partition coefficient (Wildman–Crippen LogP) is 5.77. The van der Waals surface area contributed by atoms with Crippen LogP contribution in [0.1, 0.15) is 17.0 Å². The minimum Gasteiger partial charge on any atom is -0.495 e. The Morgan fingerprint density at radius 3 is 2.42 bits per heavy atom. The topological polar surface area (TPSA) is 39.0 Å². The highest BCUT2D eigenvalue weighted by Gasteiger charge is 2.14. The molecule has 31 heavy (non-hydrogen) atoms. The molecule has 1 aliphatic heterocycles. The third-order valence-corrected chi connectivity index (χ3v) is 5.67. The van der Waals surface area contributed by atoms with Crippen LogP contribution in [-0.4, -0.2) is 44.2 Å². The van der Waals surface area contributed by atoms with Gasteiger partial charge >= 0.3 is 0 Å². The molecule has 0 N–H and O–H groups in total. The van der Waals surface area contributed by atoms with E-state index in [1.807, 2.05) is 24.4 Å². The molecule has 2 heterocycles. The Kier molecular flexibility index (Phi) is 7.65. The average Bonchev–Trinajstić information content (AvgIpc) is 3.06. The fraction of sp³-hybridized carbons (Fsp3) is 0.292. The molecular weight excluding hydrogens is 433 g/mol. The molecule has 1 saturated heterocycles. The smallest absolute Gasteiger partial charge is 0.142 e. The highest BCUT2D eigenvalue weighted by atomic mass is 35.5. The molecule has 2 aromatic carbocycles. The first-order valence-corrected chi connectivity index (χ1v) is 10.4. The maximum atomic E-state index is 6.24. The van der Waals surface area contributed by atoms with Crippen LogP contribution >= 0.6 is 24.0 Å². The Morgan fingerprint density at radius 1 is 1.03 bits per heavy atom. The summed E-state index contributed by atoms with van der Waals surface area (Å²) in [5.74, 6) is 0.781. The second-order valence-electron chi connectivity index (χ2n) is 7.35. The van der Waals surface area contributed by atoms with Crippen LogP contribution in [0.5, 0.6) is 5.75 Å². The van der Waals surface area contributed by atoms with E-state index in [-0.39, 0.29) is 12.4 Å². The van der Waals surface area contributed by atoms with E-state index in [1.54, 1.807) is 7.11 Å². The number of aryl methyl sites for hydroxylation is 1. The molecule has 7 heteroatoms. The minimum absolute atomic E-state index is 0. The maximum absolute atomic E-state index is 6.24. The van der Waals surface area contributed by atoms with E-state index in [1.165, 1.54) is 5.69 Å². The van der Waals surface area contributed by atoms with Crippen LogP contribution in [0.25, 0.3) is 5.69 Å². The molecule has 0 atom stereocenters. The van der Waals surface area contributed by atoms with E-state index in [9.17, 15) is 0 Å². The number of rotatable bonds is 5. The number of aliphatic imine (C=N–C) groups is 1. The summed E-state index contributed by atoms with van der Waals surface area (Å²) >= 11 is 6.24. The van der Waals surface area contributed by atoms with Crippen molar-refractivity contribution >= 4 is 41.6 Å². The Bertz CT molecular complexity index is 1060. The number of benzene rings is 2. The van der Waals surface area contributed by atoms with E-state index in [2.05, 4.69) is 53.6 Å². The zero-order valence-electron chi connectivity index (χ0n) is 18.0. The third kappa shape index (κ3) is 5.06. The summed E-state index contributed by atoms with van der Waals surface area (Å²) in [6.45, 7) is 7.58. The van der Waals surface area contributed by atoms with E-state index in [0.29, 0.717) is 5.02 Å². The Hall–Kier alpha value is -2.47. The van der Waals surface area contributed by atoms with Crippen molar-refractivity contribution in [3.63, 3.8) is 0 Å². The molecular formula is C24H27Cl2N3O2. The number of halogens is 2. The second-order valence-corrected chi connectivity index (χ2v) is 7.79. The van der Waals surface area contributed by atoms with Gasteiger partial charge in [-0.15, -0.1) is 12.4 Å². The van der Waals surface area contributed by atoms with Crippen LogP contribution in [-0.2, 0) is 4.74 Å². The number of methoxy groups -OCH3 is 1. The van der Waals surface area contributed by atoms with Gasteiger partial charge in [-0.2, -0.15) is 0 Å². The zero-order valence-corrected chi connectivity index (χ0v) is 19.5. The lowest BCUT2D eigenvalue weighted by atomic mass is 10.2. The van der Waals surface area contributed by atoms with Crippen molar-refractivity contribution < 1.29 is 9.47 Å². The molecule has 5 nitrogen and oxygen atoms in total. The molecule has 0 spiro atoms. The lowest BCUT2D eigenvalue weighted by molar-refractivity contribution is 0.122. The fourth-order valence-corrected chi connectivity index (χ4v) is 4.01. The van der Waals surface area contributed by atoms with Crippen molar-refractivity contribution in [2.45, 2.75) is 13.8 Å². The standard InChI is InChI=1S/C24H26ClN3O2.ClH/c1-17-14-19(18(2)28(17)23-15-20(25)4-9-24(23)29-3)16-26-21-5-7-22(8-6-21)27-10-12-30-13-11-27;/h4-9,14-16H,10-13H2,1-3H3;1H. The van der Waals surface area contributed by atoms with Gasteiger partial charge in [0.05, 0.1) is 31.7 Å². The zero-order chi connectivity index (χ0) is 21.1. The Morgan fingerprint density at radius 2 is 1.74 bits per heavy atom. The molecule has 0 bridgehead atoms. The van der Waals surface area contributed by atoms with Gasteiger partial charge in [-0.05, 0) is 62.4 Å². The van der Waals surface area contributed by atoms with Gasteiger partial charge in [-0.3, -0.25) is 4.99 Å². The maximum Gasteiger partial charge on any atom is 0.142 e. The monoisotopic (exact) mass is 459 g/mol. The van der Waals surface area contributed by atoms with Crippen LogP contribution in [0.4, 0.5) is 11.4 Å². The van der Waals surface area contributed by atoms with Crippen molar-refractivity contribution in [3.8, 4) is 11.4 Å². The Labute approximate surface area is 194 Å². The number of hydrogen-bond acceptors (Lipinski definition) is 4. The summed E-state index contributed by atoms with van der Waals surface area (Å²) in [5, 5.41) is 0.675. The summed E-state index contributed by atoms with van der Waals surface area (Å²) in [4.78, 5) is 7.03. The lowest BCUT2D eigenvalue weighted by Gasteiger charge is -2.28. The van der Waals surface area contributed by atoms with Gasteiger partial charge in [0.1, 0.15) is 5.75 Å². The van der Waals surface area contributed by atoms with Gasteiger partial charge in [0.15, 0.2) is 0 Å². The predicted molar refractivity (Wildman–Crippen MR) is 131 cm³/mol. The van der Waals surface area contributed by atoms with E-state index in [0.717, 1.165) is 60.4 Å². The largest absolute Gasteiger partial charge is 0.495 e. The van der Waals surface area contributed by atoms with Gasteiger partial charge < -0.3 is 18.9 Å². The molecule has 1 fully saturated rings. The molecule has 164 valence electrons. The van der Waals surface area contributed by atoms with Gasteiger partial charge in [-0.25, -0.2) is 0 Å². The number of anilines is 1.